The maximum absolute atomic E-state index is 13.3. The first-order chi connectivity index (χ1) is 15.4. The molecule has 1 aromatic heterocycles. The molecule has 0 unspecified atom stereocenters. The second kappa shape index (κ2) is 9.78. The van der Waals surface area contributed by atoms with Crippen LogP contribution in [0.25, 0.3) is 22.4 Å². The molecule has 0 fully saturated rings. The molecule has 0 aliphatic rings. The summed E-state index contributed by atoms with van der Waals surface area (Å²) in [5, 5.41) is 4.22. The van der Waals surface area contributed by atoms with Crippen molar-refractivity contribution in [3.8, 4) is 22.4 Å². The third kappa shape index (κ3) is 4.99. The second-order valence-corrected chi connectivity index (χ2v) is 9.02. The number of rotatable bonds is 5. The maximum atomic E-state index is 13.3. The molecular formula is C26H20Cl2N2OS. The average molecular weight is 479 g/mol. The Morgan fingerprint density at radius 2 is 1.78 bits per heavy atom. The van der Waals surface area contributed by atoms with E-state index in [1.165, 1.54) is 0 Å². The SMILES string of the molecule is CSc1ccc(C(=O)Nc2ccc(Cl)c(-c3ccccn3)c2)c(-c2cc(C)cc(Cl)c2)c1. The Kier molecular flexibility index (Phi) is 6.85. The van der Waals surface area contributed by atoms with Crippen LogP contribution in [0.2, 0.25) is 10.0 Å². The number of hydrogen-bond donors (Lipinski definition) is 1. The Morgan fingerprint density at radius 1 is 0.938 bits per heavy atom. The number of pyridine rings is 1. The molecule has 0 radical (unpaired) electrons. The normalized spacial score (nSPS) is 10.8. The highest BCUT2D eigenvalue weighted by Gasteiger charge is 2.16. The molecule has 160 valence electrons. The van der Waals surface area contributed by atoms with Gasteiger partial charge in [-0.05, 0) is 90.5 Å². The van der Waals surface area contributed by atoms with E-state index in [4.69, 9.17) is 23.2 Å². The molecule has 1 N–H and O–H groups in total. The maximum Gasteiger partial charge on any atom is 0.256 e. The molecule has 0 saturated carbocycles. The molecular weight excluding hydrogens is 459 g/mol. The zero-order valence-electron chi connectivity index (χ0n) is 17.5. The van der Waals surface area contributed by atoms with Crippen molar-refractivity contribution < 1.29 is 4.79 Å². The predicted octanol–water partition coefficient (Wildman–Crippen LogP) is 8.01. The van der Waals surface area contributed by atoms with Gasteiger partial charge in [0.15, 0.2) is 0 Å². The molecule has 0 saturated heterocycles. The molecule has 0 bridgehead atoms. The summed E-state index contributed by atoms with van der Waals surface area (Å²) in [5.74, 6) is -0.209. The van der Waals surface area contributed by atoms with Crippen molar-refractivity contribution in [1.82, 2.24) is 4.98 Å². The number of carbonyl (C=O) groups excluding carboxylic acids is 1. The monoisotopic (exact) mass is 478 g/mol. The Labute approximate surface area is 201 Å². The van der Waals surface area contributed by atoms with Gasteiger partial charge in [-0.2, -0.15) is 0 Å². The van der Waals surface area contributed by atoms with Gasteiger partial charge in [0.05, 0.1) is 10.7 Å². The van der Waals surface area contributed by atoms with Crippen molar-refractivity contribution in [2.75, 3.05) is 11.6 Å². The van der Waals surface area contributed by atoms with Crippen LogP contribution in [-0.4, -0.2) is 17.1 Å². The Balaban J connectivity index is 1.72. The largest absolute Gasteiger partial charge is 0.322 e. The van der Waals surface area contributed by atoms with E-state index in [2.05, 4.69) is 10.3 Å². The van der Waals surface area contributed by atoms with Gasteiger partial charge in [-0.25, -0.2) is 0 Å². The number of halogens is 2. The van der Waals surface area contributed by atoms with Crippen LogP contribution in [0.5, 0.6) is 0 Å². The second-order valence-electron chi connectivity index (χ2n) is 7.29. The molecule has 3 aromatic carbocycles. The summed E-state index contributed by atoms with van der Waals surface area (Å²) < 4.78 is 0. The minimum absolute atomic E-state index is 0.209. The summed E-state index contributed by atoms with van der Waals surface area (Å²) in [6, 6.07) is 22.6. The van der Waals surface area contributed by atoms with Crippen LogP contribution in [0.15, 0.2) is 83.9 Å². The van der Waals surface area contributed by atoms with E-state index in [1.54, 1.807) is 30.1 Å². The summed E-state index contributed by atoms with van der Waals surface area (Å²) >= 11 is 14.3. The van der Waals surface area contributed by atoms with Gasteiger partial charge in [0.2, 0.25) is 0 Å². The number of nitrogens with one attached hydrogen (secondary N) is 1. The smallest absolute Gasteiger partial charge is 0.256 e. The van der Waals surface area contributed by atoms with Crippen molar-refractivity contribution in [1.29, 1.82) is 0 Å². The van der Waals surface area contributed by atoms with Crippen molar-refractivity contribution in [3.63, 3.8) is 0 Å². The number of anilines is 1. The molecule has 3 nitrogen and oxygen atoms in total. The highest BCUT2D eigenvalue weighted by atomic mass is 35.5. The minimum Gasteiger partial charge on any atom is -0.322 e. The standard InChI is InChI=1S/C26H20Cl2N2OS/c1-16-11-17(13-18(27)12-16)22-15-20(32-2)7-8-21(22)26(31)30-19-6-9-24(28)23(14-19)25-5-3-4-10-29-25/h3-15H,1-2H3,(H,30,31). The molecule has 4 rings (SSSR count). The molecule has 4 aromatic rings. The van der Waals surface area contributed by atoms with E-state index < -0.39 is 0 Å². The summed E-state index contributed by atoms with van der Waals surface area (Å²) in [4.78, 5) is 18.7. The summed E-state index contributed by atoms with van der Waals surface area (Å²) in [6.07, 6.45) is 3.72. The lowest BCUT2D eigenvalue weighted by Crippen LogP contribution is -2.13. The number of aryl methyl sites for hydroxylation is 1. The van der Waals surface area contributed by atoms with Gasteiger partial charge < -0.3 is 5.32 Å². The summed E-state index contributed by atoms with van der Waals surface area (Å²) in [7, 11) is 0. The fourth-order valence-corrected chi connectivity index (χ4v) is 4.44. The van der Waals surface area contributed by atoms with Crippen LogP contribution >= 0.6 is 35.0 Å². The number of nitrogens with zero attached hydrogens (tertiary/aromatic N) is 1. The summed E-state index contributed by atoms with van der Waals surface area (Å²) in [5.41, 5.74) is 5.48. The fraction of sp³-hybridized carbons (Fsp3) is 0.0769. The van der Waals surface area contributed by atoms with E-state index in [9.17, 15) is 4.79 Å². The van der Waals surface area contributed by atoms with Gasteiger partial charge in [-0.3, -0.25) is 9.78 Å². The number of benzene rings is 3. The van der Waals surface area contributed by atoms with Crippen molar-refractivity contribution in [3.05, 3.63) is 100 Å². The van der Waals surface area contributed by atoms with E-state index in [-0.39, 0.29) is 5.91 Å². The fourth-order valence-electron chi connectivity index (χ4n) is 3.50. The number of thioether (sulfide) groups is 1. The van der Waals surface area contributed by atoms with E-state index in [1.807, 2.05) is 73.8 Å². The third-order valence-electron chi connectivity index (χ3n) is 4.99. The average Bonchev–Trinajstić information content (AvgIpc) is 2.79. The van der Waals surface area contributed by atoms with Crippen LogP contribution in [0.4, 0.5) is 5.69 Å². The molecule has 0 aliphatic carbocycles. The Hall–Kier alpha value is -2.79. The molecule has 0 spiro atoms. The lowest BCUT2D eigenvalue weighted by Gasteiger charge is -2.14. The van der Waals surface area contributed by atoms with Crippen LogP contribution in [0, 0.1) is 6.92 Å². The van der Waals surface area contributed by atoms with Crippen LogP contribution in [-0.2, 0) is 0 Å². The lowest BCUT2D eigenvalue weighted by atomic mass is 9.97. The van der Waals surface area contributed by atoms with E-state index in [0.29, 0.717) is 21.3 Å². The van der Waals surface area contributed by atoms with Crippen molar-refractivity contribution in [2.24, 2.45) is 0 Å². The minimum atomic E-state index is -0.209. The van der Waals surface area contributed by atoms with Crippen LogP contribution < -0.4 is 5.32 Å². The number of aromatic nitrogens is 1. The zero-order valence-corrected chi connectivity index (χ0v) is 19.9. The number of amides is 1. The Bertz CT molecular complexity index is 1270. The molecule has 32 heavy (non-hydrogen) atoms. The molecule has 1 amide bonds. The highest BCUT2D eigenvalue weighted by molar-refractivity contribution is 7.98. The van der Waals surface area contributed by atoms with Gasteiger partial charge in [-0.15, -0.1) is 11.8 Å². The first-order valence-corrected chi connectivity index (χ1v) is 11.9. The van der Waals surface area contributed by atoms with Crippen molar-refractivity contribution >= 4 is 46.6 Å². The van der Waals surface area contributed by atoms with Gasteiger partial charge >= 0.3 is 0 Å². The highest BCUT2D eigenvalue weighted by Crippen LogP contribution is 2.33. The molecule has 1 heterocycles. The van der Waals surface area contributed by atoms with Gasteiger partial charge in [0.25, 0.3) is 5.91 Å². The van der Waals surface area contributed by atoms with E-state index >= 15 is 0 Å². The van der Waals surface area contributed by atoms with E-state index in [0.717, 1.165) is 32.8 Å². The third-order valence-corrected chi connectivity index (χ3v) is 6.26. The lowest BCUT2D eigenvalue weighted by molar-refractivity contribution is 0.102. The first kappa shape index (κ1) is 22.4. The van der Waals surface area contributed by atoms with Crippen LogP contribution in [0.3, 0.4) is 0 Å². The number of hydrogen-bond acceptors (Lipinski definition) is 3. The van der Waals surface area contributed by atoms with Gasteiger partial charge in [-0.1, -0.05) is 35.3 Å². The first-order valence-electron chi connectivity index (χ1n) is 9.92. The van der Waals surface area contributed by atoms with Gasteiger partial charge in [0, 0.05) is 32.9 Å². The molecule has 6 heteroatoms. The summed E-state index contributed by atoms with van der Waals surface area (Å²) in [6.45, 7) is 1.99. The zero-order chi connectivity index (χ0) is 22.7. The molecule has 0 atom stereocenters. The van der Waals surface area contributed by atoms with Gasteiger partial charge in [0.1, 0.15) is 0 Å². The number of carbonyl (C=O) groups is 1. The van der Waals surface area contributed by atoms with Crippen LogP contribution in [0.1, 0.15) is 15.9 Å². The molecule has 0 aliphatic heterocycles. The predicted molar refractivity (Wildman–Crippen MR) is 136 cm³/mol. The van der Waals surface area contributed by atoms with Crippen molar-refractivity contribution in [2.45, 2.75) is 11.8 Å². The topological polar surface area (TPSA) is 42.0 Å². The Morgan fingerprint density at radius 3 is 2.50 bits per heavy atom. The quantitative estimate of drug-likeness (QED) is 0.295.